The highest BCUT2D eigenvalue weighted by atomic mass is 16.5. The largest absolute Gasteiger partial charge is 0.382 e. The van der Waals surface area contributed by atoms with Gasteiger partial charge < -0.3 is 14.9 Å². The maximum absolute atomic E-state index is 5.70. The topological polar surface area (TPSA) is 69.4 Å². The molecule has 0 bridgehead atoms. The number of nitrogen functional groups attached to an aromatic ring is 1. The number of rotatable bonds is 6. The lowest BCUT2D eigenvalue weighted by molar-refractivity contribution is 0.0000354. The molecule has 3 N–H and O–H groups in total. The number of hydrazine groups is 1. The van der Waals surface area contributed by atoms with Crippen LogP contribution in [0.1, 0.15) is 12.5 Å². The van der Waals surface area contributed by atoms with Crippen LogP contribution in [0.3, 0.4) is 0 Å². The van der Waals surface area contributed by atoms with E-state index in [0.29, 0.717) is 19.0 Å². The maximum atomic E-state index is 5.70. The Morgan fingerprint density at radius 1 is 1.37 bits per heavy atom. The van der Waals surface area contributed by atoms with Gasteiger partial charge in [-0.05, 0) is 19.1 Å². The van der Waals surface area contributed by atoms with Crippen LogP contribution >= 0.6 is 0 Å². The van der Waals surface area contributed by atoms with Gasteiger partial charge in [0.05, 0.1) is 24.8 Å². The van der Waals surface area contributed by atoms with Gasteiger partial charge in [-0.3, -0.25) is 0 Å². The zero-order valence-electron chi connectivity index (χ0n) is 11.2. The molecule has 5 nitrogen and oxygen atoms in total. The van der Waals surface area contributed by atoms with Crippen molar-refractivity contribution < 1.29 is 9.47 Å². The third kappa shape index (κ3) is 3.41. The number of nitrogens with zero attached hydrogens (tertiary/aromatic N) is 1. The Kier molecular flexibility index (Phi) is 4.68. The molecule has 0 aliphatic carbocycles. The predicted octanol–water partition coefficient (Wildman–Crippen LogP) is 2.07. The third-order valence-corrected chi connectivity index (χ3v) is 2.86. The standard InChI is InChI=1S/C14H19N3O2/c1-10(8-18-2)19-9-12-7-11-5-3-4-6-13(11)16-14(12)17-15/h3-7,10H,8-9,15H2,1-2H3,(H,16,17). The fourth-order valence-electron chi connectivity index (χ4n) is 1.91. The molecular weight excluding hydrogens is 242 g/mol. The first kappa shape index (κ1) is 13.7. The van der Waals surface area contributed by atoms with Gasteiger partial charge in [0.25, 0.3) is 0 Å². The number of anilines is 1. The molecule has 0 fully saturated rings. The summed E-state index contributed by atoms with van der Waals surface area (Å²) in [5.41, 5.74) is 4.46. The summed E-state index contributed by atoms with van der Waals surface area (Å²) in [6.07, 6.45) is 0.0297. The summed E-state index contributed by atoms with van der Waals surface area (Å²) < 4.78 is 10.7. The number of pyridine rings is 1. The molecule has 5 heteroatoms. The molecule has 1 heterocycles. The van der Waals surface area contributed by atoms with Crippen LogP contribution in [0.15, 0.2) is 30.3 Å². The number of hydrogen-bond donors (Lipinski definition) is 2. The maximum Gasteiger partial charge on any atom is 0.146 e. The quantitative estimate of drug-likeness (QED) is 0.615. The summed E-state index contributed by atoms with van der Waals surface area (Å²) in [6.45, 7) is 2.97. The molecule has 0 aliphatic rings. The molecule has 0 saturated carbocycles. The lowest BCUT2D eigenvalue weighted by Gasteiger charge is -2.14. The molecule has 0 spiro atoms. The van der Waals surface area contributed by atoms with Crippen molar-refractivity contribution in [2.24, 2.45) is 5.84 Å². The van der Waals surface area contributed by atoms with E-state index in [1.54, 1.807) is 7.11 Å². The average Bonchev–Trinajstić information content (AvgIpc) is 2.44. The molecule has 0 aliphatic heterocycles. The van der Waals surface area contributed by atoms with Crippen molar-refractivity contribution in [1.29, 1.82) is 0 Å². The summed E-state index contributed by atoms with van der Waals surface area (Å²) in [5, 5.41) is 1.07. The van der Waals surface area contributed by atoms with E-state index in [4.69, 9.17) is 15.3 Å². The Bertz CT molecular complexity index is 545. The molecule has 1 aromatic heterocycles. The fourth-order valence-corrected chi connectivity index (χ4v) is 1.91. The lowest BCUT2D eigenvalue weighted by atomic mass is 10.1. The first-order valence-electron chi connectivity index (χ1n) is 6.20. The highest BCUT2D eigenvalue weighted by molar-refractivity contribution is 5.81. The Hall–Kier alpha value is -1.69. The van der Waals surface area contributed by atoms with Crippen LogP contribution in [-0.4, -0.2) is 24.8 Å². The highest BCUT2D eigenvalue weighted by Gasteiger charge is 2.08. The Labute approximate surface area is 112 Å². The fraction of sp³-hybridized carbons (Fsp3) is 0.357. The van der Waals surface area contributed by atoms with Crippen molar-refractivity contribution >= 4 is 16.7 Å². The van der Waals surface area contributed by atoms with E-state index in [1.807, 2.05) is 37.3 Å². The number of ether oxygens (including phenoxy) is 2. The third-order valence-electron chi connectivity index (χ3n) is 2.86. The minimum Gasteiger partial charge on any atom is -0.382 e. The normalized spacial score (nSPS) is 12.6. The molecule has 19 heavy (non-hydrogen) atoms. The highest BCUT2D eigenvalue weighted by Crippen LogP contribution is 2.20. The minimum atomic E-state index is 0.0297. The van der Waals surface area contributed by atoms with Gasteiger partial charge in [0.2, 0.25) is 0 Å². The number of benzene rings is 1. The van der Waals surface area contributed by atoms with E-state index >= 15 is 0 Å². The van der Waals surface area contributed by atoms with Gasteiger partial charge in [0, 0.05) is 18.1 Å². The zero-order chi connectivity index (χ0) is 13.7. The van der Waals surface area contributed by atoms with E-state index in [2.05, 4.69) is 10.4 Å². The van der Waals surface area contributed by atoms with Crippen LogP contribution < -0.4 is 11.3 Å². The molecule has 2 aromatic rings. The van der Waals surface area contributed by atoms with E-state index in [1.165, 1.54) is 0 Å². The van der Waals surface area contributed by atoms with Crippen LogP contribution in [0.4, 0.5) is 5.82 Å². The van der Waals surface area contributed by atoms with E-state index in [0.717, 1.165) is 16.5 Å². The molecule has 2 rings (SSSR count). The minimum absolute atomic E-state index is 0.0297. The van der Waals surface area contributed by atoms with Crippen molar-refractivity contribution in [3.63, 3.8) is 0 Å². The summed E-state index contributed by atoms with van der Waals surface area (Å²) >= 11 is 0. The number of aromatic nitrogens is 1. The number of para-hydroxylation sites is 1. The average molecular weight is 261 g/mol. The number of nitrogens with two attached hydrogens (primary N) is 1. The molecule has 1 atom stereocenters. The van der Waals surface area contributed by atoms with Crippen LogP contribution in [0.25, 0.3) is 10.9 Å². The van der Waals surface area contributed by atoms with E-state index in [9.17, 15) is 0 Å². The molecule has 0 amide bonds. The summed E-state index contributed by atoms with van der Waals surface area (Å²) in [4.78, 5) is 4.47. The van der Waals surface area contributed by atoms with Crippen molar-refractivity contribution in [1.82, 2.24) is 4.98 Å². The molecular formula is C14H19N3O2. The lowest BCUT2D eigenvalue weighted by Crippen LogP contribution is -2.16. The van der Waals surface area contributed by atoms with Gasteiger partial charge in [-0.2, -0.15) is 0 Å². The SMILES string of the molecule is COCC(C)OCc1cc2ccccc2nc1NN. The Morgan fingerprint density at radius 2 is 2.16 bits per heavy atom. The molecule has 1 unspecified atom stereocenters. The predicted molar refractivity (Wildman–Crippen MR) is 75.7 cm³/mol. The number of nitrogens with one attached hydrogen (secondary N) is 1. The second-order valence-corrected chi connectivity index (χ2v) is 4.41. The van der Waals surface area contributed by atoms with Crippen LogP contribution in [0.2, 0.25) is 0 Å². The van der Waals surface area contributed by atoms with Crippen LogP contribution in [-0.2, 0) is 16.1 Å². The van der Waals surface area contributed by atoms with Crippen molar-refractivity contribution in [3.05, 3.63) is 35.9 Å². The van der Waals surface area contributed by atoms with Gasteiger partial charge >= 0.3 is 0 Å². The van der Waals surface area contributed by atoms with Gasteiger partial charge in [-0.1, -0.05) is 18.2 Å². The monoisotopic (exact) mass is 261 g/mol. The zero-order valence-corrected chi connectivity index (χ0v) is 11.2. The molecule has 1 aromatic carbocycles. The summed E-state index contributed by atoms with van der Waals surface area (Å²) in [7, 11) is 1.66. The second-order valence-electron chi connectivity index (χ2n) is 4.41. The summed E-state index contributed by atoms with van der Waals surface area (Å²) in [5.74, 6) is 6.16. The molecule has 0 radical (unpaired) electrons. The van der Waals surface area contributed by atoms with Gasteiger partial charge in [-0.15, -0.1) is 0 Å². The van der Waals surface area contributed by atoms with Crippen molar-refractivity contribution in [2.75, 3.05) is 19.1 Å². The number of hydrogen-bond acceptors (Lipinski definition) is 5. The van der Waals surface area contributed by atoms with Crippen molar-refractivity contribution in [2.45, 2.75) is 19.6 Å². The first-order chi connectivity index (χ1) is 9.24. The smallest absolute Gasteiger partial charge is 0.146 e. The Morgan fingerprint density at radius 3 is 2.89 bits per heavy atom. The number of fused-ring (bicyclic) bond motifs is 1. The van der Waals surface area contributed by atoms with Gasteiger partial charge in [0.15, 0.2) is 0 Å². The molecule has 0 saturated heterocycles. The summed E-state index contributed by atoms with van der Waals surface area (Å²) in [6, 6.07) is 9.94. The van der Waals surface area contributed by atoms with Gasteiger partial charge in [0.1, 0.15) is 5.82 Å². The van der Waals surface area contributed by atoms with E-state index in [-0.39, 0.29) is 6.10 Å². The molecule has 102 valence electrons. The second kappa shape index (κ2) is 6.47. The van der Waals surface area contributed by atoms with Crippen LogP contribution in [0, 0.1) is 0 Å². The van der Waals surface area contributed by atoms with E-state index < -0.39 is 0 Å². The first-order valence-corrected chi connectivity index (χ1v) is 6.20. The number of methoxy groups -OCH3 is 1. The van der Waals surface area contributed by atoms with Crippen molar-refractivity contribution in [3.8, 4) is 0 Å². The van der Waals surface area contributed by atoms with Gasteiger partial charge in [-0.25, -0.2) is 10.8 Å². The Balaban J connectivity index is 2.21. The van der Waals surface area contributed by atoms with Crippen LogP contribution in [0.5, 0.6) is 0 Å².